The van der Waals surface area contributed by atoms with Crippen LogP contribution in [0.5, 0.6) is 0 Å². The predicted molar refractivity (Wildman–Crippen MR) is 84.0 cm³/mol. The molecule has 0 heterocycles. The average molecular weight is 342 g/mol. The first kappa shape index (κ1) is 18.3. The lowest BCUT2D eigenvalue weighted by atomic mass is 10.1. The second-order valence-corrected chi connectivity index (χ2v) is 6.06. The van der Waals surface area contributed by atoms with Gasteiger partial charge in [-0.25, -0.2) is 13.2 Å². The summed E-state index contributed by atoms with van der Waals surface area (Å²) in [7, 11) is 0. The Morgan fingerprint density at radius 2 is 1.71 bits per heavy atom. The molecule has 0 radical (unpaired) electrons. The molecule has 1 aliphatic carbocycles. The molecule has 24 heavy (non-hydrogen) atoms. The van der Waals surface area contributed by atoms with E-state index in [0.717, 1.165) is 62.5 Å². The topological polar surface area (TPSA) is 49.4 Å². The van der Waals surface area contributed by atoms with Crippen molar-refractivity contribution in [3.8, 4) is 0 Å². The molecule has 1 fully saturated rings. The molecule has 0 bridgehead atoms. The van der Waals surface area contributed by atoms with Crippen LogP contribution in [0.4, 0.5) is 18.9 Å². The number of anilines is 1. The zero-order valence-corrected chi connectivity index (χ0v) is 13.6. The zero-order valence-electron chi connectivity index (χ0n) is 13.6. The van der Waals surface area contributed by atoms with Crippen LogP contribution in [-0.4, -0.2) is 24.4 Å². The summed E-state index contributed by atoms with van der Waals surface area (Å²) in [5, 5.41) is 2.84. The molecule has 0 aromatic heterocycles. The number of amides is 2. The van der Waals surface area contributed by atoms with Crippen molar-refractivity contribution in [2.75, 3.05) is 11.4 Å². The van der Waals surface area contributed by atoms with Gasteiger partial charge in [-0.05, 0) is 25.0 Å². The molecule has 1 aromatic carbocycles. The number of benzene rings is 1. The van der Waals surface area contributed by atoms with Gasteiger partial charge in [0.15, 0.2) is 17.5 Å². The largest absolute Gasteiger partial charge is 0.352 e. The summed E-state index contributed by atoms with van der Waals surface area (Å²) < 4.78 is 40.3. The lowest BCUT2D eigenvalue weighted by molar-refractivity contribution is -0.123. The van der Waals surface area contributed by atoms with Crippen molar-refractivity contribution in [2.45, 2.75) is 51.5 Å². The lowest BCUT2D eigenvalue weighted by Gasteiger charge is -2.23. The molecular formula is C17H21F3N2O2. The highest BCUT2D eigenvalue weighted by Crippen LogP contribution is 2.24. The van der Waals surface area contributed by atoms with Crippen molar-refractivity contribution < 1.29 is 22.8 Å². The average Bonchev–Trinajstić information content (AvgIpc) is 2.79. The third kappa shape index (κ3) is 4.49. The number of carbonyl (C=O) groups is 2. The smallest absolute Gasteiger partial charge is 0.240 e. The number of rotatable bonds is 4. The van der Waals surface area contributed by atoms with Gasteiger partial charge in [-0.2, -0.15) is 0 Å². The highest BCUT2D eigenvalue weighted by atomic mass is 19.2. The van der Waals surface area contributed by atoms with Crippen molar-refractivity contribution in [1.29, 1.82) is 0 Å². The Hall–Kier alpha value is -2.05. The molecule has 4 nitrogen and oxygen atoms in total. The Morgan fingerprint density at radius 3 is 2.29 bits per heavy atom. The molecule has 1 aromatic rings. The van der Waals surface area contributed by atoms with E-state index in [-0.39, 0.29) is 6.04 Å². The van der Waals surface area contributed by atoms with E-state index in [9.17, 15) is 22.8 Å². The maximum Gasteiger partial charge on any atom is 0.240 e. The van der Waals surface area contributed by atoms with Crippen molar-refractivity contribution in [3.05, 3.63) is 29.6 Å². The highest BCUT2D eigenvalue weighted by Gasteiger charge is 2.24. The van der Waals surface area contributed by atoms with Gasteiger partial charge in [0, 0.05) is 13.0 Å². The van der Waals surface area contributed by atoms with Crippen LogP contribution < -0.4 is 10.2 Å². The van der Waals surface area contributed by atoms with Gasteiger partial charge < -0.3 is 10.2 Å². The Bertz CT molecular complexity index is 614. The van der Waals surface area contributed by atoms with E-state index < -0.39 is 41.5 Å². The number of halogens is 3. The van der Waals surface area contributed by atoms with E-state index in [0.29, 0.717) is 0 Å². The molecular weight excluding hydrogens is 321 g/mol. The number of nitrogens with one attached hydrogen (secondary N) is 1. The quantitative estimate of drug-likeness (QED) is 0.674. The number of carbonyl (C=O) groups excluding carboxylic acids is 2. The Morgan fingerprint density at radius 1 is 1.08 bits per heavy atom. The fourth-order valence-electron chi connectivity index (χ4n) is 2.93. The summed E-state index contributed by atoms with van der Waals surface area (Å²) in [4.78, 5) is 24.7. The minimum Gasteiger partial charge on any atom is -0.352 e. The van der Waals surface area contributed by atoms with Crippen LogP contribution in [-0.2, 0) is 9.59 Å². The van der Waals surface area contributed by atoms with Crippen LogP contribution in [0.1, 0.15) is 45.4 Å². The molecule has 1 N–H and O–H groups in total. The zero-order chi connectivity index (χ0) is 17.7. The highest BCUT2D eigenvalue weighted by molar-refractivity contribution is 5.97. The first-order chi connectivity index (χ1) is 11.4. The van der Waals surface area contributed by atoms with Crippen LogP contribution in [0, 0.1) is 17.5 Å². The van der Waals surface area contributed by atoms with Gasteiger partial charge in [-0.1, -0.05) is 25.7 Å². The summed E-state index contributed by atoms with van der Waals surface area (Å²) in [6.07, 6.45) is 6.05. The maximum absolute atomic E-state index is 13.9. The Kier molecular flexibility index (Phi) is 6.23. The fraction of sp³-hybridized carbons (Fsp3) is 0.529. The lowest BCUT2D eigenvalue weighted by Crippen LogP contribution is -2.44. The molecule has 0 saturated heterocycles. The molecule has 0 atom stereocenters. The molecule has 132 valence electrons. The summed E-state index contributed by atoms with van der Waals surface area (Å²) >= 11 is 0. The molecule has 0 spiro atoms. The Balaban J connectivity index is 2.09. The second kappa shape index (κ2) is 8.17. The molecule has 7 heteroatoms. The number of hydrogen-bond acceptors (Lipinski definition) is 2. The van der Waals surface area contributed by atoms with E-state index in [4.69, 9.17) is 0 Å². The summed E-state index contributed by atoms with van der Waals surface area (Å²) in [5.74, 6) is -5.56. The molecule has 2 rings (SSSR count). The van der Waals surface area contributed by atoms with Crippen LogP contribution in [0.25, 0.3) is 0 Å². The number of nitrogens with zero attached hydrogens (tertiary/aromatic N) is 1. The van der Waals surface area contributed by atoms with Crippen molar-refractivity contribution >= 4 is 17.5 Å². The van der Waals surface area contributed by atoms with E-state index in [1.165, 1.54) is 0 Å². The van der Waals surface area contributed by atoms with Gasteiger partial charge in [0.25, 0.3) is 0 Å². The second-order valence-electron chi connectivity index (χ2n) is 6.06. The third-order valence-electron chi connectivity index (χ3n) is 4.21. The van der Waals surface area contributed by atoms with Crippen LogP contribution in [0.15, 0.2) is 12.1 Å². The number of hydrogen-bond donors (Lipinski definition) is 1. The minimum absolute atomic E-state index is 0.0311. The van der Waals surface area contributed by atoms with E-state index in [1.54, 1.807) is 0 Å². The molecule has 1 saturated carbocycles. The van der Waals surface area contributed by atoms with Gasteiger partial charge in [0.05, 0.1) is 5.69 Å². The molecule has 0 aliphatic heterocycles. The molecule has 1 aliphatic rings. The van der Waals surface area contributed by atoms with Gasteiger partial charge >= 0.3 is 0 Å². The summed E-state index contributed by atoms with van der Waals surface area (Å²) in [5.41, 5.74) is -0.447. The summed E-state index contributed by atoms with van der Waals surface area (Å²) in [6.45, 7) is 0.702. The maximum atomic E-state index is 13.9. The van der Waals surface area contributed by atoms with Gasteiger partial charge in [0.1, 0.15) is 6.54 Å². The molecule has 0 unspecified atom stereocenters. The van der Waals surface area contributed by atoms with Crippen molar-refractivity contribution in [1.82, 2.24) is 5.32 Å². The monoisotopic (exact) mass is 342 g/mol. The van der Waals surface area contributed by atoms with Crippen LogP contribution in [0.3, 0.4) is 0 Å². The van der Waals surface area contributed by atoms with Crippen molar-refractivity contribution in [2.24, 2.45) is 0 Å². The first-order valence-electron chi connectivity index (χ1n) is 8.11. The SMILES string of the molecule is CC(=O)N(CC(=O)NC1CCCCCC1)c1ccc(F)c(F)c1F. The fourth-order valence-corrected chi connectivity index (χ4v) is 2.93. The van der Waals surface area contributed by atoms with E-state index in [2.05, 4.69) is 5.32 Å². The van der Waals surface area contributed by atoms with Gasteiger partial charge in [-0.15, -0.1) is 0 Å². The minimum atomic E-state index is -1.66. The van der Waals surface area contributed by atoms with Gasteiger partial charge in [-0.3, -0.25) is 9.59 Å². The summed E-state index contributed by atoms with van der Waals surface area (Å²) in [6, 6.07) is 1.71. The first-order valence-corrected chi connectivity index (χ1v) is 8.11. The Labute approximate surface area is 139 Å². The third-order valence-corrected chi connectivity index (χ3v) is 4.21. The van der Waals surface area contributed by atoms with Crippen LogP contribution >= 0.6 is 0 Å². The predicted octanol–water partition coefficient (Wildman–Crippen LogP) is 3.30. The normalized spacial score (nSPS) is 15.7. The van der Waals surface area contributed by atoms with E-state index in [1.807, 2.05) is 0 Å². The van der Waals surface area contributed by atoms with Gasteiger partial charge in [0.2, 0.25) is 11.8 Å². The van der Waals surface area contributed by atoms with Crippen LogP contribution in [0.2, 0.25) is 0 Å². The van der Waals surface area contributed by atoms with Crippen molar-refractivity contribution in [3.63, 3.8) is 0 Å². The molecule has 2 amide bonds. The van der Waals surface area contributed by atoms with E-state index >= 15 is 0 Å². The standard InChI is InChI=1S/C17H21F3N2O2/c1-11(23)22(14-9-8-13(18)16(19)17(14)20)10-15(24)21-12-6-4-2-3-5-7-12/h8-9,12H,2-7,10H2,1H3,(H,21,24).